The number of rotatable bonds is 4. The number of benzene rings is 11. The largest absolute Gasteiger partial charge is 0.456 e. The van der Waals surface area contributed by atoms with E-state index in [1.54, 1.807) is 0 Å². The molecule has 0 fully saturated rings. The highest BCUT2D eigenvalue weighted by atomic mass is 16.3. The zero-order valence-corrected chi connectivity index (χ0v) is 36.7. The molecular weight excluding hydrogens is 815 g/mol. The first-order valence-electron chi connectivity index (χ1n) is 23.2. The van der Waals surface area contributed by atoms with Gasteiger partial charge in [0.2, 0.25) is 0 Å². The fourth-order valence-electron chi connectivity index (χ4n) is 11.1. The molecule has 0 bridgehead atoms. The summed E-state index contributed by atoms with van der Waals surface area (Å²) in [5.41, 5.74) is 10.0. The zero-order chi connectivity index (χ0) is 44.2. The first-order valence-corrected chi connectivity index (χ1v) is 23.2. The normalized spacial score (nSPS) is 15.5. The van der Waals surface area contributed by atoms with Crippen LogP contribution in [-0.4, -0.2) is 16.1 Å². The second-order valence-corrected chi connectivity index (χ2v) is 18.0. The lowest BCUT2D eigenvalue weighted by atomic mass is 9.88. The van der Waals surface area contributed by atoms with Crippen LogP contribution in [0.5, 0.6) is 0 Å². The SMILES string of the molecule is CC1C/C=C(\c2c(-n3c4ccccc4c4cc5ccccc5cc43)ccc3oc4ccccc4c23)N=C(c2cc3ccccc3c3ccccc23)N=C1c1cc2ccccc2c2ccccc12. The second-order valence-electron chi connectivity index (χ2n) is 18.0. The molecule has 1 atom stereocenters. The third kappa shape index (κ3) is 5.79. The lowest BCUT2D eigenvalue weighted by molar-refractivity contribution is 0.669. The van der Waals surface area contributed by atoms with Gasteiger partial charge in [-0.25, -0.2) is 9.98 Å². The van der Waals surface area contributed by atoms with Crippen LogP contribution in [0.4, 0.5) is 0 Å². The van der Waals surface area contributed by atoms with E-state index in [1.165, 1.54) is 53.9 Å². The minimum atomic E-state index is 0.0279. The number of hydrogen-bond acceptors (Lipinski definition) is 3. The van der Waals surface area contributed by atoms with E-state index in [9.17, 15) is 0 Å². The summed E-state index contributed by atoms with van der Waals surface area (Å²) >= 11 is 0. The third-order valence-corrected chi connectivity index (χ3v) is 14.2. The Kier molecular flexibility index (Phi) is 8.29. The van der Waals surface area contributed by atoms with Crippen LogP contribution in [0.3, 0.4) is 0 Å². The highest BCUT2D eigenvalue weighted by Crippen LogP contribution is 2.44. The van der Waals surface area contributed by atoms with Crippen LogP contribution in [-0.2, 0) is 0 Å². The lowest BCUT2D eigenvalue weighted by Gasteiger charge is -2.22. The Balaban J connectivity index is 1.12. The molecule has 314 valence electrons. The number of para-hydroxylation sites is 2. The van der Waals surface area contributed by atoms with Crippen molar-refractivity contribution in [2.24, 2.45) is 15.9 Å². The monoisotopic (exact) mass is 855 g/mol. The molecule has 4 heteroatoms. The van der Waals surface area contributed by atoms with Gasteiger partial charge in [0, 0.05) is 44.2 Å². The third-order valence-electron chi connectivity index (χ3n) is 14.2. The van der Waals surface area contributed by atoms with Gasteiger partial charge in [-0.2, -0.15) is 0 Å². The van der Waals surface area contributed by atoms with Gasteiger partial charge < -0.3 is 8.98 Å². The van der Waals surface area contributed by atoms with Gasteiger partial charge in [-0.05, 0) is 109 Å². The summed E-state index contributed by atoms with van der Waals surface area (Å²) in [6.45, 7) is 2.32. The Labute approximate surface area is 386 Å². The van der Waals surface area contributed by atoms with E-state index < -0.39 is 0 Å². The quantitative estimate of drug-likeness (QED) is 0.163. The Morgan fingerprint density at radius 3 is 1.70 bits per heavy atom. The predicted molar refractivity (Wildman–Crippen MR) is 283 cm³/mol. The van der Waals surface area contributed by atoms with E-state index in [0.29, 0.717) is 12.3 Å². The van der Waals surface area contributed by atoms with Gasteiger partial charge in [0.15, 0.2) is 5.84 Å². The number of aromatic nitrogens is 1. The van der Waals surface area contributed by atoms with E-state index >= 15 is 0 Å². The van der Waals surface area contributed by atoms with Crippen LogP contribution in [0.25, 0.3) is 109 Å². The van der Waals surface area contributed by atoms with Gasteiger partial charge in [-0.1, -0.05) is 171 Å². The van der Waals surface area contributed by atoms with Crippen LogP contribution < -0.4 is 0 Å². The molecule has 0 saturated heterocycles. The second kappa shape index (κ2) is 14.7. The van der Waals surface area contributed by atoms with Crippen LogP contribution in [0, 0.1) is 5.92 Å². The van der Waals surface area contributed by atoms with E-state index in [-0.39, 0.29) is 5.92 Å². The standard InChI is InChI=1S/C63H41N3O/c1-38-30-31-54(61-56(32-33-59-60(61)50-27-13-15-29-58(50)67-59)66-55-28-14-12-26-49(55)51-34-39-16-2-3-17-40(39)37-57(51)66)64-63(53-36-42-19-5-7-21-44(42)46-23-9-11-25-48(46)53)65-62(38)52-35-41-18-4-6-20-43(41)45-22-8-10-24-47(45)52/h2-29,31-38H,30H2,1H3/b54-31+,64-63?,65-62?. The summed E-state index contributed by atoms with van der Waals surface area (Å²) in [4.78, 5) is 11.8. The average molecular weight is 856 g/mol. The minimum Gasteiger partial charge on any atom is -0.456 e. The van der Waals surface area contributed by atoms with Gasteiger partial charge in [0.1, 0.15) is 11.2 Å². The molecule has 4 nitrogen and oxygen atoms in total. The number of nitrogens with zero attached hydrogens (tertiary/aromatic N) is 3. The van der Waals surface area contributed by atoms with Gasteiger partial charge in [0.05, 0.1) is 28.1 Å². The van der Waals surface area contributed by atoms with E-state index in [2.05, 4.69) is 218 Å². The van der Waals surface area contributed by atoms with Gasteiger partial charge in [-0.15, -0.1) is 0 Å². The smallest absolute Gasteiger partial charge is 0.160 e. The topological polar surface area (TPSA) is 42.8 Å². The summed E-state index contributed by atoms with van der Waals surface area (Å²) in [7, 11) is 0. The van der Waals surface area contributed by atoms with Gasteiger partial charge in [-0.3, -0.25) is 0 Å². The Hall–Kier alpha value is -8.60. The van der Waals surface area contributed by atoms with Gasteiger partial charge in [0.25, 0.3) is 0 Å². The number of furan rings is 1. The molecule has 0 spiro atoms. The molecule has 1 aliphatic heterocycles. The fourth-order valence-corrected chi connectivity index (χ4v) is 11.1. The molecule has 0 amide bonds. The molecule has 1 unspecified atom stereocenters. The summed E-state index contributed by atoms with van der Waals surface area (Å²) in [6, 6.07) is 74.5. The average Bonchev–Trinajstić information content (AvgIpc) is 3.92. The molecule has 13 aromatic rings. The molecule has 0 saturated carbocycles. The number of allylic oxidation sites excluding steroid dienone is 1. The summed E-state index contributed by atoms with van der Waals surface area (Å²) in [5.74, 6) is 0.705. The molecule has 2 aromatic heterocycles. The summed E-state index contributed by atoms with van der Waals surface area (Å²) in [5, 5.41) is 16.4. The first kappa shape index (κ1) is 37.7. The maximum absolute atomic E-state index is 6.72. The van der Waals surface area contributed by atoms with Crippen molar-refractivity contribution in [2.45, 2.75) is 13.3 Å². The van der Waals surface area contributed by atoms with Crippen LogP contribution in [0.2, 0.25) is 0 Å². The Morgan fingerprint density at radius 1 is 0.433 bits per heavy atom. The first-order chi connectivity index (χ1) is 33.1. The van der Waals surface area contributed by atoms with Crippen molar-refractivity contribution in [3.05, 3.63) is 229 Å². The maximum atomic E-state index is 6.72. The summed E-state index contributed by atoms with van der Waals surface area (Å²) < 4.78 is 9.17. The Morgan fingerprint density at radius 2 is 0.985 bits per heavy atom. The molecular formula is C63H41N3O. The molecule has 67 heavy (non-hydrogen) atoms. The fraction of sp³-hybridized carbons (Fsp3) is 0.0476. The van der Waals surface area contributed by atoms with Crippen molar-refractivity contribution in [1.29, 1.82) is 0 Å². The number of aliphatic imine (C=N–C) groups is 2. The molecule has 3 heterocycles. The molecule has 0 N–H and O–H groups in total. The Bertz CT molecular complexity index is 4330. The van der Waals surface area contributed by atoms with Crippen molar-refractivity contribution in [3.8, 4) is 5.69 Å². The van der Waals surface area contributed by atoms with Crippen molar-refractivity contribution in [2.75, 3.05) is 0 Å². The van der Waals surface area contributed by atoms with Crippen LogP contribution in [0.1, 0.15) is 30.0 Å². The van der Waals surface area contributed by atoms with Crippen LogP contribution >= 0.6 is 0 Å². The van der Waals surface area contributed by atoms with E-state index in [1.807, 2.05) is 6.07 Å². The minimum absolute atomic E-state index is 0.0279. The highest BCUT2D eigenvalue weighted by molar-refractivity contribution is 6.27. The maximum Gasteiger partial charge on any atom is 0.160 e. The molecule has 11 aromatic carbocycles. The number of fused-ring (bicyclic) bond motifs is 13. The molecule has 1 aliphatic rings. The van der Waals surface area contributed by atoms with Crippen molar-refractivity contribution in [3.63, 3.8) is 0 Å². The molecule has 0 radical (unpaired) electrons. The van der Waals surface area contributed by atoms with Gasteiger partial charge >= 0.3 is 0 Å². The van der Waals surface area contributed by atoms with E-state index in [0.717, 1.165) is 77.5 Å². The molecule has 14 rings (SSSR count). The number of amidine groups is 1. The predicted octanol–water partition coefficient (Wildman–Crippen LogP) is 16.8. The van der Waals surface area contributed by atoms with Crippen molar-refractivity contribution < 1.29 is 4.42 Å². The summed E-state index contributed by atoms with van der Waals surface area (Å²) in [6.07, 6.45) is 3.09. The van der Waals surface area contributed by atoms with Crippen molar-refractivity contribution in [1.82, 2.24) is 4.57 Å². The van der Waals surface area contributed by atoms with E-state index in [4.69, 9.17) is 14.4 Å². The van der Waals surface area contributed by atoms with Crippen LogP contribution in [0.15, 0.2) is 227 Å². The zero-order valence-electron chi connectivity index (χ0n) is 36.7. The van der Waals surface area contributed by atoms with Crippen molar-refractivity contribution >= 4 is 115 Å². The number of hydrogen-bond donors (Lipinski definition) is 0. The lowest BCUT2D eigenvalue weighted by Crippen LogP contribution is -2.18. The molecule has 0 aliphatic carbocycles. The highest BCUT2D eigenvalue weighted by Gasteiger charge is 2.27.